The first-order valence-electron chi connectivity index (χ1n) is 7.85. The third-order valence-corrected chi connectivity index (χ3v) is 4.56. The van der Waals surface area contributed by atoms with Crippen molar-refractivity contribution < 1.29 is 14.3 Å². The van der Waals surface area contributed by atoms with E-state index < -0.39 is 11.5 Å². The molecule has 0 spiro atoms. The lowest BCUT2D eigenvalue weighted by atomic mass is 9.76. The van der Waals surface area contributed by atoms with Crippen LogP contribution in [0.2, 0.25) is 5.02 Å². The fourth-order valence-corrected chi connectivity index (χ4v) is 3.38. The highest BCUT2D eigenvalue weighted by molar-refractivity contribution is 6.30. The van der Waals surface area contributed by atoms with Crippen LogP contribution in [0.4, 0.5) is 0 Å². The van der Waals surface area contributed by atoms with E-state index in [2.05, 4.69) is 11.8 Å². The van der Waals surface area contributed by atoms with Gasteiger partial charge in [-0.3, -0.25) is 4.79 Å². The Morgan fingerprint density at radius 3 is 3.00 bits per heavy atom. The monoisotopic (exact) mass is 343 g/mol. The van der Waals surface area contributed by atoms with Crippen LogP contribution in [0.3, 0.4) is 0 Å². The highest BCUT2D eigenvalue weighted by Crippen LogP contribution is 2.39. The lowest BCUT2D eigenvalue weighted by Crippen LogP contribution is -2.33. The van der Waals surface area contributed by atoms with E-state index >= 15 is 0 Å². The van der Waals surface area contributed by atoms with E-state index in [1.165, 1.54) is 6.26 Å². The molecule has 1 aromatic heterocycles. The lowest BCUT2D eigenvalue weighted by molar-refractivity contribution is 0.0483. The number of furan rings is 1. The predicted octanol–water partition coefficient (Wildman–Crippen LogP) is 3.47. The number of benzene rings is 1. The van der Waals surface area contributed by atoms with Crippen LogP contribution in [0.25, 0.3) is 0 Å². The minimum Gasteiger partial charge on any atom is -0.468 e. The predicted molar refractivity (Wildman–Crippen MR) is 91.7 cm³/mol. The minimum atomic E-state index is -1.12. The normalized spacial score (nSPS) is 23.3. The van der Waals surface area contributed by atoms with Gasteiger partial charge in [0, 0.05) is 16.5 Å². The van der Waals surface area contributed by atoms with Gasteiger partial charge in [0.05, 0.1) is 11.8 Å². The van der Waals surface area contributed by atoms with Crippen LogP contribution < -0.4 is 5.73 Å². The van der Waals surface area contributed by atoms with E-state index in [0.717, 1.165) is 18.4 Å². The number of hydrogen-bond acceptors (Lipinski definition) is 3. The Labute approximate surface area is 145 Å². The molecule has 0 radical (unpaired) electrons. The Morgan fingerprint density at radius 2 is 2.25 bits per heavy atom. The molecule has 3 rings (SSSR count). The lowest BCUT2D eigenvalue weighted by Gasteiger charge is -2.32. The van der Waals surface area contributed by atoms with Gasteiger partial charge in [0.2, 0.25) is 0 Å². The molecule has 24 heavy (non-hydrogen) atoms. The molecule has 1 saturated carbocycles. The van der Waals surface area contributed by atoms with Crippen LogP contribution in [0.1, 0.15) is 53.3 Å². The Kier molecular flexibility index (Phi) is 4.66. The van der Waals surface area contributed by atoms with Gasteiger partial charge in [-0.05, 0) is 49.9 Å². The summed E-state index contributed by atoms with van der Waals surface area (Å²) in [4.78, 5) is 11.5. The molecule has 1 amide bonds. The first kappa shape index (κ1) is 16.6. The van der Waals surface area contributed by atoms with Crippen LogP contribution in [0.15, 0.2) is 41.0 Å². The van der Waals surface area contributed by atoms with Crippen molar-refractivity contribution >= 4 is 17.5 Å². The van der Waals surface area contributed by atoms with Crippen molar-refractivity contribution in [2.24, 2.45) is 5.73 Å². The van der Waals surface area contributed by atoms with Gasteiger partial charge in [-0.1, -0.05) is 29.5 Å². The number of hydrogen-bond donors (Lipinski definition) is 2. The zero-order valence-electron chi connectivity index (χ0n) is 13.1. The number of primary amides is 1. The van der Waals surface area contributed by atoms with Crippen molar-refractivity contribution in [2.75, 3.05) is 0 Å². The molecule has 1 fully saturated rings. The summed E-state index contributed by atoms with van der Waals surface area (Å²) in [6.07, 6.45) is 4.08. The number of carbonyl (C=O) groups excluding carboxylic acids is 1. The van der Waals surface area contributed by atoms with Crippen molar-refractivity contribution in [3.8, 4) is 11.8 Å². The molecule has 3 N–H and O–H groups in total. The number of halogens is 1. The zero-order chi connectivity index (χ0) is 17.2. The molecule has 0 unspecified atom stereocenters. The molecule has 2 aromatic rings. The second-order valence-corrected chi connectivity index (χ2v) is 6.58. The molecular weight excluding hydrogens is 326 g/mol. The molecule has 0 bridgehead atoms. The summed E-state index contributed by atoms with van der Waals surface area (Å²) in [6, 6.07) is 8.78. The first-order valence-corrected chi connectivity index (χ1v) is 8.23. The maximum Gasteiger partial charge on any atom is 0.252 e. The summed E-state index contributed by atoms with van der Waals surface area (Å²) >= 11 is 5.95. The van der Waals surface area contributed by atoms with Gasteiger partial charge < -0.3 is 15.3 Å². The average molecular weight is 344 g/mol. The van der Waals surface area contributed by atoms with E-state index in [0.29, 0.717) is 29.2 Å². The van der Waals surface area contributed by atoms with Gasteiger partial charge in [-0.2, -0.15) is 0 Å². The maximum atomic E-state index is 11.5. The van der Waals surface area contributed by atoms with Crippen molar-refractivity contribution in [2.45, 2.75) is 37.2 Å². The summed E-state index contributed by atoms with van der Waals surface area (Å²) in [7, 11) is 0. The molecule has 4 nitrogen and oxygen atoms in total. The number of carbonyl (C=O) groups is 1. The fraction of sp³-hybridized carbons (Fsp3) is 0.316. The maximum absolute atomic E-state index is 11.5. The average Bonchev–Trinajstić information content (AvgIpc) is 3.03. The van der Waals surface area contributed by atoms with E-state index in [1.54, 1.807) is 18.2 Å². The largest absolute Gasteiger partial charge is 0.468 e. The standard InChI is InChI=1S/C19H18ClNO3/c20-15-5-1-3-13(11-15)6-9-19(23)8-2-4-14(12-19)17-16(18(21)22)7-10-24-17/h1,3,5,7,10-11,14,23H,2,4,8,12H2,(H2,21,22)/t14-,19+/m0/s1. The summed E-state index contributed by atoms with van der Waals surface area (Å²) in [5.41, 5.74) is 5.40. The van der Waals surface area contributed by atoms with Gasteiger partial charge in [-0.15, -0.1) is 0 Å². The molecule has 124 valence electrons. The van der Waals surface area contributed by atoms with E-state index in [1.807, 2.05) is 12.1 Å². The summed E-state index contributed by atoms with van der Waals surface area (Å²) < 4.78 is 5.46. The molecule has 2 atom stereocenters. The van der Waals surface area contributed by atoms with Crippen LogP contribution in [0.5, 0.6) is 0 Å². The first-order chi connectivity index (χ1) is 11.5. The SMILES string of the molecule is NC(=O)c1ccoc1[C@H]1CCC[C@@](O)(C#Cc2cccc(Cl)c2)C1. The van der Waals surface area contributed by atoms with Crippen LogP contribution in [-0.4, -0.2) is 16.6 Å². The summed E-state index contributed by atoms with van der Waals surface area (Å²) in [5, 5.41) is 11.4. The highest BCUT2D eigenvalue weighted by atomic mass is 35.5. The molecule has 0 saturated heterocycles. The number of rotatable bonds is 2. The number of nitrogens with two attached hydrogens (primary N) is 1. The quantitative estimate of drug-likeness (QED) is 0.820. The van der Waals surface area contributed by atoms with Gasteiger partial charge in [0.15, 0.2) is 0 Å². The molecule has 0 aliphatic heterocycles. The smallest absolute Gasteiger partial charge is 0.252 e. The van der Waals surface area contributed by atoms with E-state index in [9.17, 15) is 9.90 Å². The van der Waals surface area contributed by atoms with Gasteiger partial charge in [0.25, 0.3) is 5.91 Å². The van der Waals surface area contributed by atoms with E-state index in [4.69, 9.17) is 21.8 Å². The molecule has 1 aliphatic carbocycles. The van der Waals surface area contributed by atoms with Crippen LogP contribution in [-0.2, 0) is 0 Å². The Bertz CT molecular complexity index is 817. The molecule has 1 aromatic carbocycles. The number of aliphatic hydroxyl groups is 1. The topological polar surface area (TPSA) is 76.5 Å². The highest BCUT2D eigenvalue weighted by Gasteiger charge is 2.36. The van der Waals surface area contributed by atoms with E-state index in [-0.39, 0.29) is 5.92 Å². The van der Waals surface area contributed by atoms with Crippen molar-refractivity contribution in [1.82, 2.24) is 0 Å². The van der Waals surface area contributed by atoms with Crippen molar-refractivity contribution in [3.63, 3.8) is 0 Å². The Balaban J connectivity index is 1.82. The van der Waals surface area contributed by atoms with Crippen LogP contribution >= 0.6 is 11.6 Å². The Hall–Kier alpha value is -2.22. The van der Waals surface area contributed by atoms with Gasteiger partial charge in [-0.25, -0.2) is 0 Å². The molecule has 5 heteroatoms. The Morgan fingerprint density at radius 1 is 1.42 bits per heavy atom. The fourth-order valence-electron chi connectivity index (χ4n) is 3.19. The summed E-state index contributed by atoms with van der Waals surface area (Å²) in [5.74, 6) is 5.92. The number of amides is 1. The van der Waals surface area contributed by atoms with Gasteiger partial charge in [0.1, 0.15) is 11.4 Å². The minimum absolute atomic E-state index is 0.0742. The second kappa shape index (κ2) is 6.72. The van der Waals surface area contributed by atoms with Crippen molar-refractivity contribution in [3.05, 3.63) is 58.5 Å². The van der Waals surface area contributed by atoms with Gasteiger partial charge >= 0.3 is 0 Å². The zero-order valence-corrected chi connectivity index (χ0v) is 13.8. The van der Waals surface area contributed by atoms with Crippen molar-refractivity contribution in [1.29, 1.82) is 0 Å². The molecule has 1 aliphatic rings. The molecule has 1 heterocycles. The second-order valence-electron chi connectivity index (χ2n) is 6.15. The molecular formula is C19H18ClNO3. The third-order valence-electron chi connectivity index (χ3n) is 4.32. The van der Waals surface area contributed by atoms with Crippen LogP contribution in [0, 0.1) is 11.8 Å². The summed E-state index contributed by atoms with van der Waals surface area (Å²) in [6.45, 7) is 0. The third kappa shape index (κ3) is 3.64.